The summed E-state index contributed by atoms with van der Waals surface area (Å²) in [7, 11) is -3.05. The fourth-order valence-electron chi connectivity index (χ4n) is 2.23. The van der Waals surface area contributed by atoms with Gasteiger partial charge in [0.2, 0.25) is 0 Å². The number of nitrogens with one attached hydrogen (secondary N) is 1. The number of nitrogens with zero attached hydrogens (tertiary/aromatic N) is 1. The Kier molecular flexibility index (Phi) is 3.91. The van der Waals surface area contributed by atoms with Gasteiger partial charge in [-0.25, -0.2) is 26.8 Å². The summed E-state index contributed by atoms with van der Waals surface area (Å²) in [6, 6.07) is 6.16. The molecule has 0 spiro atoms. The van der Waals surface area contributed by atoms with Crippen LogP contribution in [0.25, 0.3) is 10.9 Å². The van der Waals surface area contributed by atoms with Gasteiger partial charge in [0.1, 0.15) is 17.3 Å². The van der Waals surface area contributed by atoms with Gasteiger partial charge in [-0.2, -0.15) is 0 Å². The zero-order valence-electron chi connectivity index (χ0n) is 12.6. The molecule has 0 atom stereocenters. The molecule has 0 radical (unpaired) electrons. The third-order valence-electron chi connectivity index (χ3n) is 3.51. The number of anilines is 1. The minimum absolute atomic E-state index is 0.150. The number of sulfonamides is 1. The quantitative estimate of drug-likeness (QED) is 0.757. The van der Waals surface area contributed by atoms with Gasteiger partial charge in [-0.1, -0.05) is 6.07 Å². The molecule has 0 aliphatic heterocycles. The number of benzene rings is 2. The molecule has 3 aromatic rings. The van der Waals surface area contributed by atoms with Crippen molar-refractivity contribution < 1.29 is 21.6 Å². The van der Waals surface area contributed by atoms with Crippen molar-refractivity contribution in [2.45, 2.75) is 4.90 Å². The third-order valence-corrected chi connectivity index (χ3v) is 4.86. The Labute approximate surface area is 139 Å². The second-order valence-electron chi connectivity index (χ2n) is 5.10. The predicted molar refractivity (Wildman–Crippen MR) is 84.9 cm³/mol. The Balaban J connectivity index is 2.15. The number of aryl methyl sites for hydroxylation is 1. The summed E-state index contributed by atoms with van der Waals surface area (Å²) in [6.07, 6.45) is 0. The number of aromatic nitrogens is 1. The van der Waals surface area contributed by atoms with E-state index in [0.717, 1.165) is 34.9 Å². The SMILES string of the molecule is Cn1c(=O)oc(=O)c2cc(S(=O)(=O)Nc3c(F)cccc3F)ccc21. The molecule has 0 aliphatic carbocycles. The van der Waals surface area contributed by atoms with E-state index in [9.17, 15) is 26.8 Å². The van der Waals surface area contributed by atoms with Crippen LogP contribution in [0.5, 0.6) is 0 Å². The van der Waals surface area contributed by atoms with Crippen LogP contribution < -0.4 is 16.1 Å². The summed E-state index contributed by atoms with van der Waals surface area (Å²) in [5.41, 5.74) is -1.71. The maximum absolute atomic E-state index is 13.6. The largest absolute Gasteiger partial charge is 0.422 e. The van der Waals surface area contributed by atoms with Crippen molar-refractivity contribution >= 4 is 26.6 Å². The number of hydrogen-bond donors (Lipinski definition) is 1. The molecule has 25 heavy (non-hydrogen) atoms. The summed E-state index contributed by atoms with van der Waals surface area (Å²) >= 11 is 0. The van der Waals surface area contributed by atoms with Crippen LogP contribution in [0.3, 0.4) is 0 Å². The van der Waals surface area contributed by atoms with Crippen LogP contribution in [-0.2, 0) is 17.1 Å². The molecule has 0 saturated heterocycles. The summed E-state index contributed by atoms with van der Waals surface area (Å²) in [6.45, 7) is 0. The first-order chi connectivity index (χ1) is 11.7. The van der Waals surface area contributed by atoms with Crippen molar-refractivity contribution in [3.63, 3.8) is 0 Å². The molecule has 10 heteroatoms. The Morgan fingerprint density at radius 1 is 1.08 bits per heavy atom. The summed E-state index contributed by atoms with van der Waals surface area (Å²) in [4.78, 5) is 22.8. The van der Waals surface area contributed by atoms with Crippen molar-refractivity contribution in [3.05, 3.63) is 69.0 Å². The van der Waals surface area contributed by atoms with E-state index >= 15 is 0 Å². The van der Waals surface area contributed by atoms with Crippen molar-refractivity contribution in [2.24, 2.45) is 7.05 Å². The van der Waals surface area contributed by atoms with Gasteiger partial charge in [0.15, 0.2) is 0 Å². The van der Waals surface area contributed by atoms with Gasteiger partial charge < -0.3 is 4.42 Å². The highest BCUT2D eigenvalue weighted by Crippen LogP contribution is 2.23. The molecule has 1 heterocycles. The van der Waals surface area contributed by atoms with Crippen molar-refractivity contribution in [3.8, 4) is 0 Å². The van der Waals surface area contributed by atoms with E-state index < -0.39 is 43.6 Å². The van der Waals surface area contributed by atoms with Gasteiger partial charge in [0.25, 0.3) is 10.0 Å². The second-order valence-corrected chi connectivity index (χ2v) is 6.78. The lowest BCUT2D eigenvalue weighted by Gasteiger charge is -2.10. The summed E-state index contributed by atoms with van der Waals surface area (Å²) in [5, 5.41) is -0.168. The van der Waals surface area contributed by atoms with Crippen LogP contribution in [0.2, 0.25) is 0 Å². The molecule has 0 bridgehead atoms. The fourth-order valence-corrected chi connectivity index (χ4v) is 3.33. The Bertz CT molecular complexity index is 1190. The maximum atomic E-state index is 13.6. The van der Waals surface area contributed by atoms with E-state index in [-0.39, 0.29) is 10.9 Å². The molecule has 0 unspecified atom stereocenters. The summed E-state index contributed by atoms with van der Waals surface area (Å²) < 4.78 is 59.3. The zero-order chi connectivity index (χ0) is 18.4. The molecular weight excluding hydrogens is 358 g/mol. The molecule has 0 amide bonds. The van der Waals surface area contributed by atoms with E-state index in [4.69, 9.17) is 0 Å². The van der Waals surface area contributed by atoms with Gasteiger partial charge >= 0.3 is 11.4 Å². The highest BCUT2D eigenvalue weighted by molar-refractivity contribution is 7.92. The molecule has 0 saturated carbocycles. The highest BCUT2D eigenvalue weighted by Gasteiger charge is 2.20. The van der Waals surface area contributed by atoms with E-state index in [2.05, 4.69) is 4.42 Å². The average Bonchev–Trinajstić information content (AvgIpc) is 2.56. The highest BCUT2D eigenvalue weighted by atomic mass is 32.2. The second kappa shape index (κ2) is 5.81. The Morgan fingerprint density at radius 3 is 2.36 bits per heavy atom. The van der Waals surface area contributed by atoms with E-state index in [1.54, 1.807) is 4.72 Å². The van der Waals surface area contributed by atoms with Crippen LogP contribution in [-0.4, -0.2) is 13.0 Å². The first-order valence-electron chi connectivity index (χ1n) is 6.81. The minimum Gasteiger partial charge on any atom is -0.372 e. The van der Waals surface area contributed by atoms with E-state index in [1.165, 1.54) is 13.1 Å². The maximum Gasteiger partial charge on any atom is 0.422 e. The predicted octanol–water partition coefficient (Wildman–Crippen LogP) is 1.57. The van der Waals surface area contributed by atoms with Crippen molar-refractivity contribution in [2.75, 3.05) is 4.72 Å². The van der Waals surface area contributed by atoms with Crippen LogP contribution in [0.4, 0.5) is 14.5 Å². The minimum atomic E-state index is -4.39. The lowest BCUT2D eigenvalue weighted by molar-refractivity contribution is 0.432. The van der Waals surface area contributed by atoms with Crippen LogP contribution in [0.1, 0.15) is 0 Å². The van der Waals surface area contributed by atoms with E-state index in [0.29, 0.717) is 0 Å². The van der Waals surface area contributed by atoms with Crippen LogP contribution in [0.15, 0.2) is 55.3 Å². The van der Waals surface area contributed by atoms with Crippen molar-refractivity contribution in [1.29, 1.82) is 0 Å². The van der Waals surface area contributed by atoms with Crippen molar-refractivity contribution in [1.82, 2.24) is 4.57 Å². The number of para-hydroxylation sites is 1. The lowest BCUT2D eigenvalue weighted by atomic mass is 10.2. The molecule has 3 rings (SSSR count). The third kappa shape index (κ3) is 2.91. The number of halogens is 2. The first kappa shape index (κ1) is 16.8. The molecule has 7 nitrogen and oxygen atoms in total. The van der Waals surface area contributed by atoms with Gasteiger partial charge in [-0.05, 0) is 30.3 Å². The Hall–Kier alpha value is -3.01. The molecule has 2 aromatic carbocycles. The summed E-state index contributed by atoms with van der Waals surface area (Å²) in [5.74, 6) is -3.09. The molecule has 0 fully saturated rings. The topological polar surface area (TPSA) is 98.4 Å². The molecule has 0 aliphatic rings. The normalized spacial score (nSPS) is 11.6. The van der Waals surface area contributed by atoms with Gasteiger partial charge in [0.05, 0.1) is 15.8 Å². The smallest absolute Gasteiger partial charge is 0.372 e. The van der Waals surface area contributed by atoms with Gasteiger partial charge in [-0.15, -0.1) is 0 Å². The molecule has 130 valence electrons. The molecule has 1 N–H and O–H groups in total. The zero-order valence-corrected chi connectivity index (χ0v) is 13.4. The fraction of sp³-hybridized carbons (Fsp3) is 0.0667. The molecule has 1 aromatic heterocycles. The monoisotopic (exact) mass is 368 g/mol. The lowest BCUT2D eigenvalue weighted by Crippen LogP contribution is -2.23. The van der Waals surface area contributed by atoms with Gasteiger partial charge in [0, 0.05) is 7.05 Å². The van der Waals surface area contributed by atoms with E-state index in [1.807, 2.05) is 0 Å². The standard InChI is InChI=1S/C15H10F2N2O5S/c1-19-12-6-5-8(7-9(12)14(20)24-15(19)21)25(22,23)18-13-10(16)3-2-4-11(13)17/h2-7,18H,1H3. The average molecular weight is 368 g/mol. The number of rotatable bonds is 3. The van der Waals surface area contributed by atoms with Gasteiger partial charge in [-0.3, -0.25) is 9.29 Å². The number of fused-ring (bicyclic) bond motifs is 1. The Morgan fingerprint density at radius 2 is 1.72 bits per heavy atom. The molecular formula is C15H10F2N2O5S. The number of hydrogen-bond acceptors (Lipinski definition) is 5. The van der Waals surface area contributed by atoms with Crippen LogP contribution >= 0.6 is 0 Å². The van der Waals surface area contributed by atoms with Crippen LogP contribution in [0, 0.1) is 11.6 Å². The first-order valence-corrected chi connectivity index (χ1v) is 8.30.